The summed E-state index contributed by atoms with van der Waals surface area (Å²) in [5.74, 6) is -0.515. The molecule has 3 N–H and O–H groups in total. The SMILES string of the molecule is COC(=O)C(C)N(C)CCCO.COC(=O)C(C)NCCCO.O=CO[O-].Sc1ccccc1.[H-].[K+].[K+]. The third kappa shape index (κ3) is 33.1. The number of esters is 2. The molecular formula is C22H40K2N2O9S. The van der Waals surface area contributed by atoms with E-state index in [0.717, 1.165) is 4.90 Å². The van der Waals surface area contributed by atoms with Crippen molar-refractivity contribution < 1.29 is 148 Å². The molecule has 0 saturated carbocycles. The van der Waals surface area contributed by atoms with E-state index in [4.69, 9.17) is 20.3 Å². The Morgan fingerprint density at radius 3 is 1.89 bits per heavy atom. The fourth-order valence-electron chi connectivity index (χ4n) is 1.95. The molecule has 0 saturated heterocycles. The third-order valence-electron chi connectivity index (χ3n) is 4.01. The van der Waals surface area contributed by atoms with Gasteiger partial charge in [0.2, 0.25) is 0 Å². The summed E-state index contributed by atoms with van der Waals surface area (Å²) in [7, 11) is 4.56. The Hall–Kier alpha value is 1.05. The number of hydrogen-bond donors (Lipinski definition) is 4. The van der Waals surface area contributed by atoms with Crippen molar-refractivity contribution >= 4 is 31.0 Å². The van der Waals surface area contributed by atoms with Crippen molar-refractivity contribution in [2.24, 2.45) is 0 Å². The summed E-state index contributed by atoms with van der Waals surface area (Å²) in [6.07, 6.45) is 1.33. The molecule has 2 unspecified atom stereocenters. The fourth-order valence-corrected chi connectivity index (χ4v) is 2.12. The van der Waals surface area contributed by atoms with Crippen molar-refractivity contribution in [1.82, 2.24) is 10.2 Å². The second kappa shape index (κ2) is 36.1. The van der Waals surface area contributed by atoms with Crippen LogP contribution < -0.4 is 113 Å². The smallest absolute Gasteiger partial charge is 1.00 e. The Balaban J connectivity index is -0.0000000890. The first-order valence-electron chi connectivity index (χ1n) is 10.4. The first kappa shape index (κ1) is 46.9. The van der Waals surface area contributed by atoms with Gasteiger partial charge in [-0.15, -0.1) is 12.6 Å². The largest absolute Gasteiger partial charge is 1.00 e. The Labute approximate surface area is 306 Å². The Kier molecular flexibility index (Phi) is 46.9. The Morgan fingerprint density at radius 2 is 1.56 bits per heavy atom. The molecule has 0 aliphatic rings. The molecule has 1 rings (SSSR count). The molecular weight excluding hydrogens is 547 g/mol. The second-order valence-corrected chi connectivity index (χ2v) is 7.08. The zero-order chi connectivity index (χ0) is 26.8. The van der Waals surface area contributed by atoms with Crippen molar-refractivity contribution in [2.75, 3.05) is 47.6 Å². The van der Waals surface area contributed by atoms with E-state index in [-0.39, 0.29) is 148 Å². The van der Waals surface area contributed by atoms with Crippen LogP contribution in [-0.4, -0.2) is 93.2 Å². The van der Waals surface area contributed by atoms with Gasteiger partial charge in [0.25, 0.3) is 6.47 Å². The van der Waals surface area contributed by atoms with E-state index in [1.165, 1.54) is 14.2 Å². The predicted octanol–water partition coefficient (Wildman–Crippen LogP) is -6.09. The zero-order valence-corrected chi connectivity index (χ0v) is 29.6. The van der Waals surface area contributed by atoms with E-state index in [9.17, 15) is 9.59 Å². The van der Waals surface area contributed by atoms with Crippen LogP contribution in [0.25, 0.3) is 0 Å². The molecule has 0 amide bonds. The van der Waals surface area contributed by atoms with Gasteiger partial charge in [-0.25, -0.2) is 0 Å². The van der Waals surface area contributed by atoms with Crippen molar-refractivity contribution in [3.63, 3.8) is 0 Å². The van der Waals surface area contributed by atoms with Gasteiger partial charge in [0.05, 0.1) is 14.2 Å². The number of methoxy groups -OCH3 is 2. The van der Waals surface area contributed by atoms with E-state index in [1.54, 1.807) is 13.8 Å². The normalized spacial score (nSPS) is 10.5. The molecule has 1 aromatic rings. The first-order valence-corrected chi connectivity index (χ1v) is 10.9. The minimum Gasteiger partial charge on any atom is -1.00 e. The fraction of sp³-hybridized carbons (Fsp3) is 0.591. The number of carbonyl (C=O) groups is 3. The number of nitrogens with one attached hydrogen (secondary N) is 1. The van der Waals surface area contributed by atoms with Gasteiger partial charge in [0.1, 0.15) is 12.1 Å². The van der Waals surface area contributed by atoms with Crippen molar-refractivity contribution in [3.8, 4) is 0 Å². The minimum atomic E-state index is -0.286. The number of hydrogen-bond acceptors (Lipinski definition) is 12. The standard InChI is InChI=1S/C8H17NO3.C7H15NO3.C6H6S.CH2O3.2K.H/c1-7(8(11)12-3)9(2)5-4-6-10;1-6(7(10)11-2)8-4-3-5-9;7-6-4-2-1-3-5-6;2-1-4-3;;;/h7,10H,4-6H2,1-3H3;6,8-9H,3-5H2,1-2H3;1-5,7H;1,3H;;;/q;;;;2*+1;-1/p-1. The number of ether oxygens (including phenoxy) is 2. The van der Waals surface area contributed by atoms with Crippen LogP contribution >= 0.6 is 12.6 Å². The van der Waals surface area contributed by atoms with Gasteiger partial charge < -0.3 is 36.6 Å². The van der Waals surface area contributed by atoms with E-state index in [2.05, 4.69) is 32.3 Å². The van der Waals surface area contributed by atoms with Crippen LogP contribution in [0.1, 0.15) is 28.1 Å². The maximum absolute atomic E-state index is 11.0. The topological polar surface area (TPSA) is 158 Å². The molecule has 0 radical (unpaired) electrons. The minimum absolute atomic E-state index is 0. The van der Waals surface area contributed by atoms with Gasteiger partial charge in [-0.3, -0.25) is 19.3 Å². The molecule has 11 nitrogen and oxygen atoms in total. The maximum atomic E-state index is 11.0. The molecule has 0 spiro atoms. The molecule has 0 fully saturated rings. The average molecular weight is 587 g/mol. The number of nitrogens with zero attached hydrogens (tertiary/aromatic N) is 1. The van der Waals surface area contributed by atoms with E-state index in [1.807, 2.05) is 42.3 Å². The van der Waals surface area contributed by atoms with Crippen LogP contribution in [0.3, 0.4) is 0 Å². The van der Waals surface area contributed by atoms with Crippen LogP contribution in [-0.2, 0) is 28.7 Å². The second-order valence-electron chi connectivity index (χ2n) is 6.56. The van der Waals surface area contributed by atoms with Crippen LogP contribution in [0.15, 0.2) is 35.2 Å². The summed E-state index contributed by atoms with van der Waals surface area (Å²) in [5, 5.41) is 28.3. The van der Waals surface area contributed by atoms with Crippen LogP contribution in [0.2, 0.25) is 0 Å². The van der Waals surface area contributed by atoms with Crippen molar-refractivity contribution in [1.29, 1.82) is 0 Å². The molecule has 0 aromatic heterocycles. The summed E-state index contributed by atoms with van der Waals surface area (Å²) in [4.78, 5) is 35.9. The number of thiol groups is 1. The van der Waals surface area contributed by atoms with Gasteiger partial charge in [-0.1, -0.05) is 18.2 Å². The molecule has 2 atom stereocenters. The van der Waals surface area contributed by atoms with Gasteiger partial charge in [0.15, 0.2) is 0 Å². The molecule has 0 aliphatic carbocycles. The molecule has 0 heterocycles. The molecule has 1 aromatic carbocycles. The average Bonchev–Trinajstić information content (AvgIpc) is 2.87. The summed E-state index contributed by atoms with van der Waals surface area (Å²) in [6, 6.07) is 9.27. The number of aliphatic hydroxyl groups excluding tert-OH is 2. The van der Waals surface area contributed by atoms with Gasteiger partial charge in [0, 0.05) is 24.7 Å². The zero-order valence-electron chi connectivity index (χ0n) is 23.5. The van der Waals surface area contributed by atoms with Crippen LogP contribution in [0.4, 0.5) is 0 Å². The number of benzene rings is 1. The first-order chi connectivity index (χ1) is 16.2. The van der Waals surface area contributed by atoms with E-state index < -0.39 is 0 Å². The molecule has 36 heavy (non-hydrogen) atoms. The van der Waals surface area contributed by atoms with E-state index >= 15 is 0 Å². The third-order valence-corrected chi connectivity index (χ3v) is 4.31. The van der Waals surface area contributed by atoms with Crippen molar-refractivity contribution in [3.05, 3.63) is 30.3 Å². The summed E-state index contributed by atoms with van der Waals surface area (Å²) in [5.41, 5.74) is 0. The molecule has 0 bridgehead atoms. The van der Waals surface area contributed by atoms with Crippen LogP contribution in [0.5, 0.6) is 0 Å². The predicted molar refractivity (Wildman–Crippen MR) is 129 cm³/mol. The quantitative estimate of drug-likeness (QED) is 0.0372. The Bertz CT molecular complexity index is 627. The number of likely N-dealkylation sites (N-methyl/N-ethyl adjacent to an activating group) is 1. The van der Waals surface area contributed by atoms with Gasteiger partial charge in [-0.2, -0.15) is 0 Å². The summed E-state index contributed by atoms with van der Waals surface area (Å²) < 4.78 is 9.05. The molecule has 0 aliphatic heterocycles. The monoisotopic (exact) mass is 586 g/mol. The summed E-state index contributed by atoms with van der Waals surface area (Å²) in [6.45, 7) is 4.95. The van der Waals surface area contributed by atoms with E-state index in [0.29, 0.717) is 25.9 Å². The number of carbonyl (C=O) groups excluding carboxylic acids is 3. The molecule has 200 valence electrons. The van der Waals surface area contributed by atoms with Crippen LogP contribution in [0, 0.1) is 0 Å². The molecule has 14 heteroatoms. The van der Waals surface area contributed by atoms with Gasteiger partial charge in [-0.05, 0) is 52.4 Å². The summed E-state index contributed by atoms with van der Waals surface area (Å²) >= 11 is 4.08. The van der Waals surface area contributed by atoms with Crippen molar-refractivity contribution in [2.45, 2.75) is 43.7 Å². The maximum Gasteiger partial charge on any atom is 1.00 e. The number of rotatable bonds is 11. The Morgan fingerprint density at radius 1 is 1.08 bits per heavy atom. The van der Waals surface area contributed by atoms with Gasteiger partial charge >= 0.3 is 115 Å². The number of aliphatic hydroxyl groups is 2.